The molecular weight excluding hydrogens is 239 g/mol. The zero-order valence-corrected chi connectivity index (χ0v) is 9.80. The van der Waals surface area contributed by atoms with Gasteiger partial charge in [-0.2, -0.15) is 0 Å². The molecule has 0 aliphatic carbocycles. The van der Waals surface area contributed by atoms with Gasteiger partial charge in [0.1, 0.15) is 11.9 Å². The normalized spacial score (nSPS) is 17.6. The molecule has 0 aromatic heterocycles. The third-order valence-electron chi connectivity index (χ3n) is 2.95. The maximum absolute atomic E-state index is 13.3. The van der Waals surface area contributed by atoms with Gasteiger partial charge < -0.3 is 20.5 Å². The summed E-state index contributed by atoms with van der Waals surface area (Å²) >= 11 is 0. The van der Waals surface area contributed by atoms with E-state index >= 15 is 0 Å². The van der Waals surface area contributed by atoms with Gasteiger partial charge in [0.15, 0.2) is 0 Å². The summed E-state index contributed by atoms with van der Waals surface area (Å²) in [6.45, 7) is 2.28. The molecule has 0 spiro atoms. The van der Waals surface area contributed by atoms with E-state index in [1.165, 1.54) is 18.2 Å². The van der Waals surface area contributed by atoms with Crippen molar-refractivity contribution in [2.75, 3.05) is 31.2 Å². The van der Waals surface area contributed by atoms with Crippen LogP contribution in [0.25, 0.3) is 0 Å². The molecule has 0 saturated carbocycles. The molecule has 1 fully saturated rings. The molecule has 1 aromatic rings. The molecule has 0 amide bonds. The Kier molecular flexibility index (Phi) is 3.78. The third-order valence-corrected chi connectivity index (χ3v) is 2.95. The largest absolute Gasteiger partial charge is 0.480 e. The van der Waals surface area contributed by atoms with E-state index in [9.17, 15) is 9.18 Å². The van der Waals surface area contributed by atoms with E-state index in [1.54, 1.807) is 0 Å². The minimum atomic E-state index is -1.15. The van der Waals surface area contributed by atoms with Crippen molar-refractivity contribution in [3.63, 3.8) is 0 Å². The minimum Gasteiger partial charge on any atom is -0.480 e. The van der Waals surface area contributed by atoms with Gasteiger partial charge in [0.2, 0.25) is 0 Å². The van der Waals surface area contributed by atoms with Crippen molar-refractivity contribution in [1.82, 2.24) is 0 Å². The molecule has 1 atom stereocenters. The number of nitrogens with two attached hydrogens (primary N) is 1. The topological polar surface area (TPSA) is 75.8 Å². The van der Waals surface area contributed by atoms with Gasteiger partial charge in [0.05, 0.1) is 13.2 Å². The molecule has 18 heavy (non-hydrogen) atoms. The molecular formula is C12H15FN2O3. The highest BCUT2D eigenvalue weighted by atomic mass is 19.1. The number of benzene rings is 1. The molecule has 1 aliphatic heterocycles. The van der Waals surface area contributed by atoms with Crippen LogP contribution in [0.1, 0.15) is 11.6 Å². The van der Waals surface area contributed by atoms with Gasteiger partial charge in [-0.1, -0.05) is 6.07 Å². The van der Waals surface area contributed by atoms with Crippen LogP contribution in [0.5, 0.6) is 0 Å². The summed E-state index contributed by atoms with van der Waals surface area (Å²) < 4.78 is 18.5. The first-order valence-corrected chi connectivity index (χ1v) is 5.70. The van der Waals surface area contributed by atoms with Gasteiger partial charge in [-0.05, 0) is 12.1 Å². The van der Waals surface area contributed by atoms with Gasteiger partial charge in [-0.15, -0.1) is 0 Å². The van der Waals surface area contributed by atoms with Crippen LogP contribution in [-0.2, 0) is 9.53 Å². The smallest absolute Gasteiger partial charge is 0.325 e. The molecule has 6 heteroatoms. The molecule has 1 aliphatic rings. The lowest BCUT2D eigenvalue weighted by Gasteiger charge is -2.31. The Bertz CT molecular complexity index is 447. The zero-order valence-electron chi connectivity index (χ0n) is 9.80. The lowest BCUT2D eigenvalue weighted by molar-refractivity contribution is -0.138. The number of anilines is 1. The zero-order chi connectivity index (χ0) is 13.1. The van der Waals surface area contributed by atoms with Crippen LogP contribution >= 0.6 is 0 Å². The van der Waals surface area contributed by atoms with Crippen molar-refractivity contribution in [3.05, 3.63) is 29.6 Å². The van der Waals surface area contributed by atoms with Gasteiger partial charge in [0.25, 0.3) is 0 Å². The summed E-state index contributed by atoms with van der Waals surface area (Å²) in [6, 6.07) is 2.83. The molecule has 0 radical (unpaired) electrons. The maximum atomic E-state index is 13.3. The second-order valence-corrected chi connectivity index (χ2v) is 4.12. The Labute approximate surface area is 104 Å². The average Bonchev–Trinajstić information content (AvgIpc) is 2.39. The number of carboxylic acid groups (broad SMARTS) is 1. The summed E-state index contributed by atoms with van der Waals surface area (Å²) in [6.07, 6.45) is 0. The van der Waals surface area contributed by atoms with Crippen LogP contribution in [0.3, 0.4) is 0 Å². The molecule has 1 saturated heterocycles. The van der Waals surface area contributed by atoms with E-state index in [1.807, 2.05) is 4.90 Å². The lowest BCUT2D eigenvalue weighted by Crippen LogP contribution is -2.37. The first-order chi connectivity index (χ1) is 8.59. The number of halogens is 1. The van der Waals surface area contributed by atoms with E-state index in [0.29, 0.717) is 37.6 Å². The SMILES string of the molecule is NC(C(=O)O)c1ccc(F)cc1N1CCOCC1. The number of nitrogens with zero attached hydrogens (tertiary/aromatic N) is 1. The quantitative estimate of drug-likeness (QED) is 0.832. The van der Waals surface area contributed by atoms with Gasteiger partial charge in [-0.3, -0.25) is 4.79 Å². The van der Waals surface area contributed by atoms with E-state index in [2.05, 4.69) is 0 Å². The van der Waals surface area contributed by atoms with E-state index in [-0.39, 0.29) is 0 Å². The Morgan fingerprint density at radius 2 is 2.11 bits per heavy atom. The average molecular weight is 254 g/mol. The van der Waals surface area contributed by atoms with Crippen molar-refractivity contribution >= 4 is 11.7 Å². The Morgan fingerprint density at radius 3 is 2.72 bits per heavy atom. The number of hydrogen-bond donors (Lipinski definition) is 2. The second-order valence-electron chi connectivity index (χ2n) is 4.12. The Hall–Kier alpha value is -1.66. The van der Waals surface area contributed by atoms with E-state index < -0.39 is 17.8 Å². The Balaban J connectivity index is 2.36. The Morgan fingerprint density at radius 1 is 1.44 bits per heavy atom. The lowest BCUT2D eigenvalue weighted by atomic mass is 10.0. The van der Waals surface area contributed by atoms with Crippen LogP contribution in [-0.4, -0.2) is 37.4 Å². The summed E-state index contributed by atoms with van der Waals surface area (Å²) in [5.41, 5.74) is 6.57. The molecule has 5 nitrogen and oxygen atoms in total. The summed E-state index contributed by atoms with van der Waals surface area (Å²) in [5.74, 6) is -1.53. The summed E-state index contributed by atoms with van der Waals surface area (Å²) in [4.78, 5) is 12.9. The molecule has 1 unspecified atom stereocenters. The van der Waals surface area contributed by atoms with Crippen molar-refractivity contribution in [1.29, 1.82) is 0 Å². The first-order valence-electron chi connectivity index (χ1n) is 5.70. The molecule has 1 aromatic carbocycles. The van der Waals surface area contributed by atoms with Crippen LogP contribution < -0.4 is 10.6 Å². The van der Waals surface area contributed by atoms with Gasteiger partial charge in [0, 0.05) is 24.3 Å². The van der Waals surface area contributed by atoms with Crippen molar-refractivity contribution < 1.29 is 19.0 Å². The molecule has 2 rings (SSSR count). The van der Waals surface area contributed by atoms with E-state index in [0.717, 1.165) is 0 Å². The highest BCUT2D eigenvalue weighted by Gasteiger charge is 2.22. The number of ether oxygens (including phenoxy) is 1. The van der Waals surface area contributed by atoms with E-state index in [4.69, 9.17) is 15.6 Å². The number of rotatable bonds is 3. The van der Waals surface area contributed by atoms with Gasteiger partial charge in [-0.25, -0.2) is 4.39 Å². The highest BCUT2D eigenvalue weighted by Crippen LogP contribution is 2.27. The van der Waals surface area contributed by atoms with Crippen molar-refractivity contribution in [2.45, 2.75) is 6.04 Å². The third kappa shape index (κ3) is 2.60. The number of hydrogen-bond acceptors (Lipinski definition) is 4. The second kappa shape index (κ2) is 5.32. The van der Waals surface area contributed by atoms with Crippen LogP contribution in [0.15, 0.2) is 18.2 Å². The summed E-state index contributed by atoms with van der Waals surface area (Å²) in [5, 5.41) is 8.97. The number of carboxylic acids is 1. The highest BCUT2D eigenvalue weighted by molar-refractivity contribution is 5.78. The molecule has 0 bridgehead atoms. The molecule has 98 valence electrons. The fourth-order valence-corrected chi connectivity index (χ4v) is 1.99. The minimum absolute atomic E-state index is 0.405. The first kappa shape index (κ1) is 12.8. The number of carbonyl (C=O) groups is 1. The molecule has 1 heterocycles. The van der Waals surface area contributed by atoms with Gasteiger partial charge >= 0.3 is 5.97 Å². The predicted molar refractivity (Wildman–Crippen MR) is 64.0 cm³/mol. The predicted octanol–water partition coefficient (Wildman–Crippen LogP) is 0.747. The van der Waals surface area contributed by atoms with Crippen LogP contribution in [0, 0.1) is 5.82 Å². The monoisotopic (exact) mass is 254 g/mol. The van der Waals surface area contributed by atoms with Crippen molar-refractivity contribution in [2.24, 2.45) is 5.73 Å². The standard InChI is InChI=1S/C12H15FN2O3/c13-8-1-2-9(11(14)12(16)17)10(7-8)15-3-5-18-6-4-15/h1-2,7,11H,3-6,14H2,(H,16,17). The van der Waals surface area contributed by atoms with Crippen LogP contribution in [0.2, 0.25) is 0 Å². The maximum Gasteiger partial charge on any atom is 0.325 e. The fraction of sp³-hybridized carbons (Fsp3) is 0.417. The summed E-state index contributed by atoms with van der Waals surface area (Å²) in [7, 11) is 0. The molecule has 3 N–H and O–H groups in total. The number of aliphatic carboxylic acids is 1. The van der Waals surface area contributed by atoms with Crippen LogP contribution in [0.4, 0.5) is 10.1 Å². The van der Waals surface area contributed by atoms with Crippen molar-refractivity contribution in [3.8, 4) is 0 Å². The fourth-order valence-electron chi connectivity index (χ4n) is 1.99. The number of morpholine rings is 1.